The average molecular weight is 476 g/mol. The third-order valence-corrected chi connectivity index (χ3v) is 4.76. The fourth-order valence-corrected chi connectivity index (χ4v) is 3.17. The first kappa shape index (κ1) is 23.2. The molecule has 1 atom stereocenters. The molecule has 26 heavy (non-hydrogen) atoms. The standard InChI is InChI=1S/C19H36N6.HI/c1-15(10-12-19(2,3)4)22-18(20-5)21-13-11-17-24-23-16-9-7-6-8-14-25(16)17;/h15H,6-14H2,1-5H3,(H2,20,21,22);1H. The van der Waals surface area contributed by atoms with Crippen LogP contribution in [0.5, 0.6) is 0 Å². The monoisotopic (exact) mass is 476 g/mol. The molecule has 0 spiro atoms. The molecule has 1 aliphatic rings. The average Bonchev–Trinajstić information content (AvgIpc) is 2.78. The fourth-order valence-electron chi connectivity index (χ4n) is 3.17. The summed E-state index contributed by atoms with van der Waals surface area (Å²) in [5.74, 6) is 3.13. The summed E-state index contributed by atoms with van der Waals surface area (Å²) < 4.78 is 2.32. The Morgan fingerprint density at radius 2 is 2.00 bits per heavy atom. The summed E-state index contributed by atoms with van der Waals surface area (Å²) in [4.78, 5) is 4.35. The van der Waals surface area contributed by atoms with Crippen molar-refractivity contribution in [2.45, 2.75) is 85.2 Å². The van der Waals surface area contributed by atoms with Gasteiger partial charge in [-0.25, -0.2) is 0 Å². The molecule has 0 radical (unpaired) electrons. The zero-order valence-electron chi connectivity index (χ0n) is 17.1. The van der Waals surface area contributed by atoms with E-state index in [4.69, 9.17) is 0 Å². The Bertz CT molecular complexity index is 561. The number of aryl methyl sites for hydroxylation is 1. The van der Waals surface area contributed by atoms with E-state index in [0.717, 1.165) is 50.0 Å². The fraction of sp³-hybridized carbons (Fsp3) is 0.842. The highest BCUT2D eigenvalue weighted by Crippen LogP contribution is 2.21. The molecule has 150 valence electrons. The molecule has 1 aromatic heterocycles. The van der Waals surface area contributed by atoms with Crippen molar-refractivity contribution in [3.63, 3.8) is 0 Å². The first-order chi connectivity index (χ1) is 11.9. The van der Waals surface area contributed by atoms with Gasteiger partial charge >= 0.3 is 0 Å². The Morgan fingerprint density at radius 3 is 2.69 bits per heavy atom. The molecule has 6 nitrogen and oxygen atoms in total. The van der Waals surface area contributed by atoms with Crippen molar-refractivity contribution < 1.29 is 0 Å². The minimum Gasteiger partial charge on any atom is -0.356 e. The van der Waals surface area contributed by atoms with E-state index >= 15 is 0 Å². The van der Waals surface area contributed by atoms with E-state index in [1.54, 1.807) is 0 Å². The van der Waals surface area contributed by atoms with Gasteiger partial charge in [0.1, 0.15) is 11.6 Å². The molecule has 2 heterocycles. The number of hydrogen-bond acceptors (Lipinski definition) is 3. The lowest BCUT2D eigenvalue weighted by atomic mass is 9.89. The highest BCUT2D eigenvalue weighted by atomic mass is 127. The van der Waals surface area contributed by atoms with E-state index in [-0.39, 0.29) is 24.0 Å². The summed E-state index contributed by atoms with van der Waals surface area (Å²) in [6.07, 6.45) is 8.05. The van der Waals surface area contributed by atoms with Crippen LogP contribution in [0.2, 0.25) is 0 Å². The maximum Gasteiger partial charge on any atom is 0.191 e. The molecule has 1 aliphatic heterocycles. The van der Waals surface area contributed by atoms with Crippen molar-refractivity contribution in [3.05, 3.63) is 11.6 Å². The largest absolute Gasteiger partial charge is 0.356 e. The van der Waals surface area contributed by atoms with E-state index in [2.05, 4.69) is 58.1 Å². The SMILES string of the molecule is CN=C(NCCc1nnc2n1CCCCC2)NC(C)CCC(C)(C)C.I. The van der Waals surface area contributed by atoms with Gasteiger partial charge in [0.05, 0.1) is 0 Å². The highest BCUT2D eigenvalue weighted by Gasteiger charge is 2.15. The number of rotatable bonds is 6. The van der Waals surface area contributed by atoms with E-state index in [1.165, 1.54) is 25.7 Å². The molecule has 7 heteroatoms. The van der Waals surface area contributed by atoms with Crippen molar-refractivity contribution >= 4 is 29.9 Å². The Hall–Kier alpha value is -0.860. The number of guanidine groups is 1. The van der Waals surface area contributed by atoms with Crippen LogP contribution in [0.4, 0.5) is 0 Å². The summed E-state index contributed by atoms with van der Waals surface area (Å²) in [7, 11) is 1.83. The smallest absolute Gasteiger partial charge is 0.191 e. The van der Waals surface area contributed by atoms with Gasteiger partial charge in [0.2, 0.25) is 0 Å². The van der Waals surface area contributed by atoms with Crippen LogP contribution < -0.4 is 10.6 Å². The number of nitrogens with one attached hydrogen (secondary N) is 2. The van der Waals surface area contributed by atoms with Crippen molar-refractivity contribution in [1.82, 2.24) is 25.4 Å². The number of fused-ring (bicyclic) bond motifs is 1. The number of nitrogens with zero attached hydrogens (tertiary/aromatic N) is 4. The maximum atomic E-state index is 4.39. The summed E-state index contributed by atoms with van der Waals surface area (Å²) in [6, 6.07) is 0.412. The van der Waals surface area contributed by atoms with Gasteiger partial charge in [-0.05, 0) is 38.0 Å². The van der Waals surface area contributed by atoms with E-state index in [0.29, 0.717) is 11.5 Å². The predicted octanol–water partition coefficient (Wildman–Crippen LogP) is 3.54. The number of aromatic nitrogens is 3. The van der Waals surface area contributed by atoms with Crippen LogP contribution in [0.25, 0.3) is 0 Å². The van der Waals surface area contributed by atoms with Crippen LogP contribution in [0, 0.1) is 5.41 Å². The van der Waals surface area contributed by atoms with Gasteiger partial charge in [0.15, 0.2) is 5.96 Å². The van der Waals surface area contributed by atoms with E-state index in [9.17, 15) is 0 Å². The van der Waals surface area contributed by atoms with Gasteiger partial charge in [-0.15, -0.1) is 34.2 Å². The maximum absolute atomic E-state index is 4.39. The molecule has 1 aromatic rings. The molecule has 0 fully saturated rings. The third-order valence-electron chi connectivity index (χ3n) is 4.76. The topological polar surface area (TPSA) is 67.1 Å². The van der Waals surface area contributed by atoms with Gasteiger partial charge in [-0.2, -0.15) is 0 Å². The second kappa shape index (κ2) is 11.1. The van der Waals surface area contributed by atoms with Gasteiger partial charge in [0, 0.05) is 39.0 Å². The second-order valence-corrected chi connectivity index (χ2v) is 8.39. The van der Waals surface area contributed by atoms with E-state index in [1.807, 2.05) is 7.05 Å². The predicted molar refractivity (Wildman–Crippen MR) is 119 cm³/mol. The molecule has 0 saturated heterocycles. The molecular formula is C19H37IN6. The van der Waals surface area contributed by atoms with Crippen LogP contribution in [0.1, 0.15) is 71.4 Å². The van der Waals surface area contributed by atoms with Crippen molar-refractivity contribution in [1.29, 1.82) is 0 Å². The number of halogens is 1. The minimum absolute atomic E-state index is 0. The minimum atomic E-state index is 0. The first-order valence-electron chi connectivity index (χ1n) is 9.77. The molecule has 0 aliphatic carbocycles. The molecule has 0 saturated carbocycles. The summed E-state index contributed by atoms with van der Waals surface area (Å²) >= 11 is 0. The molecular weight excluding hydrogens is 439 g/mol. The summed E-state index contributed by atoms with van der Waals surface area (Å²) in [6.45, 7) is 11.0. The van der Waals surface area contributed by atoms with Crippen LogP contribution in [0.3, 0.4) is 0 Å². The molecule has 0 amide bonds. The summed E-state index contributed by atoms with van der Waals surface area (Å²) in [5, 5.41) is 15.7. The quantitative estimate of drug-likeness (QED) is 0.375. The molecule has 0 bridgehead atoms. The van der Waals surface area contributed by atoms with Crippen LogP contribution in [-0.4, -0.2) is 40.4 Å². The van der Waals surface area contributed by atoms with Gasteiger partial charge in [0.25, 0.3) is 0 Å². The van der Waals surface area contributed by atoms with Gasteiger partial charge in [-0.3, -0.25) is 4.99 Å². The zero-order chi connectivity index (χ0) is 18.3. The van der Waals surface area contributed by atoms with Crippen molar-refractivity contribution in [2.75, 3.05) is 13.6 Å². The number of aliphatic imine (C=N–C) groups is 1. The lowest BCUT2D eigenvalue weighted by Gasteiger charge is -2.23. The van der Waals surface area contributed by atoms with E-state index < -0.39 is 0 Å². The molecule has 1 unspecified atom stereocenters. The Labute approximate surface area is 176 Å². The normalized spacial score (nSPS) is 16.3. The third kappa shape index (κ3) is 7.80. The van der Waals surface area contributed by atoms with Crippen molar-refractivity contribution in [2.24, 2.45) is 10.4 Å². The van der Waals surface area contributed by atoms with Gasteiger partial charge in [-0.1, -0.05) is 27.2 Å². The lowest BCUT2D eigenvalue weighted by Crippen LogP contribution is -2.43. The zero-order valence-corrected chi connectivity index (χ0v) is 19.5. The molecule has 0 aromatic carbocycles. The molecule has 2 N–H and O–H groups in total. The van der Waals surface area contributed by atoms with Crippen molar-refractivity contribution in [3.8, 4) is 0 Å². The Kier molecular flexibility index (Phi) is 9.89. The Morgan fingerprint density at radius 1 is 1.23 bits per heavy atom. The van der Waals surface area contributed by atoms with Crippen LogP contribution >= 0.6 is 24.0 Å². The van der Waals surface area contributed by atoms with Crippen LogP contribution in [0.15, 0.2) is 4.99 Å². The number of hydrogen-bond donors (Lipinski definition) is 2. The van der Waals surface area contributed by atoms with Gasteiger partial charge < -0.3 is 15.2 Å². The lowest BCUT2D eigenvalue weighted by molar-refractivity contribution is 0.346. The Balaban J connectivity index is 0.00000338. The van der Waals surface area contributed by atoms with Crippen LogP contribution in [-0.2, 0) is 19.4 Å². The summed E-state index contributed by atoms with van der Waals surface area (Å²) in [5.41, 5.74) is 0.373. The first-order valence-corrected chi connectivity index (χ1v) is 9.77. The second-order valence-electron chi connectivity index (χ2n) is 8.39. The molecule has 2 rings (SSSR count). The highest BCUT2D eigenvalue weighted by molar-refractivity contribution is 14.0.